The van der Waals surface area contributed by atoms with E-state index >= 15 is 0 Å². The fraction of sp³-hybridized carbons (Fsp3) is 0.500. The molecule has 0 heterocycles. The Bertz CT molecular complexity index is 419. The molecule has 3 heteroatoms. The maximum atomic E-state index is 9.04. The first-order valence-corrected chi connectivity index (χ1v) is 5.84. The van der Waals surface area contributed by atoms with Crippen LogP contribution < -0.4 is 10.1 Å². The molecule has 0 bridgehead atoms. The number of benzene rings is 1. The topological polar surface area (TPSA) is 45.0 Å². The van der Waals surface area contributed by atoms with Crippen molar-refractivity contribution in [3.8, 4) is 11.8 Å². The van der Waals surface area contributed by atoms with Crippen molar-refractivity contribution in [1.82, 2.24) is 0 Å². The summed E-state index contributed by atoms with van der Waals surface area (Å²) >= 11 is 0. The maximum Gasteiger partial charge on any atom is 0.121 e. The first kappa shape index (κ1) is 13.4. The number of hydrogen-bond acceptors (Lipinski definition) is 3. The number of methoxy groups -OCH3 is 1. The molecule has 0 aromatic heterocycles. The molecule has 0 saturated heterocycles. The van der Waals surface area contributed by atoms with E-state index in [4.69, 9.17) is 10.00 Å². The first-order chi connectivity index (χ1) is 8.02. The lowest BCUT2D eigenvalue weighted by Crippen LogP contribution is -2.22. The second kappa shape index (κ2) is 5.58. The standard InChI is InChI=1S/C14H20N2O/c1-5-14(2,3)10-16-13-8-12(17-4)7-6-11(13)9-15/h6-8,16H,5,10H2,1-4H3. The molecule has 0 atom stereocenters. The monoisotopic (exact) mass is 232 g/mol. The molecule has 1 rings (SSSR count). The minimum atomic E-state index is 0.218. The van der Waals surface area contributed by atoms with E-state index in [-0.39, 0.29) is 5.41 Å². The average molecular weight is 232 g/mol. The number of ether oxygens (including phenoxy) is 1. The number of nitrogens with one attached hydrogen (secondary N) is 1. The van der Waals surface area contributed by atoms with Crippen LogP contribution in [0.3, 0.4) is 0 Å². The van der Waals surface area contributed by atoms with Gasteiger partial charge in [-0.15, -0.1) is 0 Å². The Hall–Kier alpha value is -1.69. The highest BCUT2D eigenvalue weighted by Gasteiger charge is 2.15. The van der Waals surface area contributed by atoms with Crippen LogP contribution in [-0.4, -0.2) is 13.7 Å². The first-order valence-electron chi connectivity index (χ1n) is 5.84. The highest BCUT2D eigenvalue weighted by atomic mass is 16.5. The van der Waals surface area contributed by atoms with Gasteiger partial charge in [0.2, 0.25) is 0 Å². The molecule has 1 N–H and O–H groups in total. The van der Waals surface area contributed by atoms with Gasteiger partial charge in [-0.05, 0) is 24.0 Å². The van der Waals surface area contributed by atoms with Crippen LogP contribution >= 0.6 is 0 Å². The summed E-state index contributed by atoms with van der Waals surface area (Å²) in [5, 5.41) is 12.4. The molecule has 0 spiro atoms. The highest BCUT2D eigenvalue weighted by Crippen LogP contribution is 2.25. The van der Waals surface area contributed by atoms with Gasteiger partial charge < -0.3 is 10.1 Å². The van der Waals surface area contributed by atoms with Crippen LogP contribution in [0.2, 0.25) is 0 Å². The molecular formula is C14H20N2O. The number of nitriles is 1. The van der Waals surface area contributed by atoms with E-state index in [0.717, 1.165) is 24.4 Å². The lowest BCUT2D eigenvalue weighted by atomic mass is 9.90. The van der Waals surface area contributed by atoms with E-state index < -0.39 is 0 Å². The Kier molecular flexibility index (Phi) is 4.39. The van der Waals surface area contributed by atoms with E-state index in [1.807, 2.05) is 6.07 Å². The zero-order chi connectivity index (χ0) is 12.9. The molecular weight excluding hydrogens is 212 g/mol. The second-order valence-corrected chi connectivity index (χ2v) is 4.89. The van der Waals surface area contributed by atoms with Crippen molar-refractivity contribution in [2.24, 2.45) is 5.41 Å². The van der Waals surface area contributed by atoms with Gasteiger partial charge >= 0.3 is 0 Å². The Morgan fingerprint density at radius 2 is 2.12 bits per heavy atom. The smallest absolute Gasteiger partial charge is 0.121 e. The number of anilines is 1. The van der Waals surface area contributed by atoms with Gasteiger partial charge in [-0.3, -0.25) is 0 Å². The second-order valence-electron chi connectivity index (χ2n) is 4.89. The maximum absolute atomic E-state index is 9.04. The van der Waals surface area contributed by atoms with Crippen LogP contribution in [0.4, 0.5) is 5.69 Å². The molecule has 0 radical (unpaired) electrons. The number of nitrogens with zero attached hydrogens (tertiary/aromatic N) is 1. The van der Waals surface area contributed by atoms with Crippen molar-refractivity contribution in [2.75, 3.05) is 19.0 Å². The van der Waals surface area contributed by atoms with Crippen molar-refractivity contribution in [3.63, 3.8) is 0 Å². The summed E-state index contributed by atoms with van der Waals surface area (Å²) in [6.07, 6.45) is 1.09. The van der Waals surface area contributed by atoms with E-state index in [9.17, 15) is 0 Å². The quantitative estimate of drug-likeness (QED) is 0.846. The molecule has 1 aromatic rings. The van der Waals surface area contributed by atoms with Crippen LogP contribution in [0.15, 0.2) is 18.2 Å². The lowest BCUT2D eigenvalue weighted by Gasteiger charge is -2.24. The van der Waals surface area contributed by atoms with Crippen molar-refractivity contribution in [3.05, 3.63) is 23.8 Å². The Balaban J connectivity index is 2.86. The Morgan fingerprint density at radius 3 is 2.65 bits per heavy atom. The van der Waals surface area contributed by atoms with Gasteiger partial charge in [0.25, 0.3) is 0 Å². The zero-order valence-electron chi connectivity index (χ0n) is 11.0. The van der Waals surface area contributed by atoms with Crippen LogP contribution in [0, 0.1) is 16.7 Å². The van der Waals surface area contributed by atoms with Gasteiger partial charge in [0.1, 0.15) is 11.8 Å². The molecule has 3 nitrogen and oxygen atoms in total. The molecule has 0 aliphatic heterocycles. The third kappa shape index (κ3) is 3.67. The predicted octanol–water partition coefficient (Wildman–Crippen LogP) is 3.41. The van der Waals surface area contributed by atoms with Gasteiger partial charge in [0.05, 0.1) is 18.4 Å². The minimum absolute atomic E-state index is 0.218. The Labute approximate surface area is 103 Å². The molecule has 1 aromatic carbocycles. The van der Waals surface area contributed by atoms with Gasteiger partial charge in [-0.25, -0.2) is 0 Å². The molecule has 0 saturated carbocycles. The summed E-state index contributed by atoms with van der Waals surface area (Å²) in [7, 11) is 1.63. The summed E-state index contributed by atoms with van der Waals surface area (Å²) in [4.78, 5) is 0. The fourth-order valence-electron chi connectivity index (χ4n) is 1.35. The van der Waals surface area contributed by atoms with Crippen LogP contribution in [-0.2, 0) is 0 Å². The molecule has 17 heavy (non-hydrogen) atoms. The summed E-state index contributed by atoms with van der Waals surface area (Å²) in [6, 6.07) is 7.63. The van der Waals surface area contributed by atoms with Gasteiger partial charge in [0, 0.05) is 12.6 Å². The van der Waals surface area contributed by atoms with Crippen molar-refractivity contribution >= 4 is 5.69 Å². The van der Waals surface area contributed by atoms with Gasteiger partial charge in [0.15, 0.2) is 0 Å². The van der Waals surface area contributed by atoms with E-state index in [0.29, 0.717) is 5.56 Å². The molecule has 92 valence electrons. The van der Waals surface area contributed by atoms with Crippen LogP contribution in [0.5, 0.6) is 5.75 Å². The summed E-state index contributed by atoms with van der Waals surface area (Å²) in [5.74, 6) is 0.765. The summed E-state index contributed by atoms with van der Waals surface area (Å²) < 4.78 is 5.16. The van der Waals surface area contributed by atoms with Crippen molar-refractivity contribution in [2.45, 2.75) is 27.2 Å². The summed E-state index contributed by atoms with van der Waals surface area (Å²) in [5.41, 5.74) is 1.71. The van der Waals surface area contributed by atoms with Crippen molar-refractivity contribution in [1.29, 1.82) is 5.26 Å². The highest BCUT2D eigenvalue weighted by molar-refractivity contribution is 5.60. The van der Waals surface area contributed by atoms with E-state index in [1.54, 1.807) is 19.2 Å². The normalized spacial score (nSPS) is 10.8. The SMILES string of the molecule is CCC(C)(C)CNc1cc(OC)ccc1C#N. The number of hydrogen-bond donors (Lipinski definition) is 1. The van der Waals surface area contributed by atoms with Crippen LogP contribution in [0.1, 0.15) is 32.8 Å². The lowest BCUT2D eigenvalue weighted by molar-refractivity contribution is 0.376. The summed E-state index contributed by atoms with van der Waals surface area (Å²) in [6.45, 7) is 7.41. The molecule has 0 fully saturated rings. The van der Waals surface area contributed by atoms with E-state index in [2.05, 4.69) is 32.2 Å². The molecule has 0 amide bonds. The third-order valence-corrected chi connectivity index (χ3v) is 3.06. The fourth-order valence-corrected chi connectivity index (χ4v) is 1.35. The zero-order valence-corrected chi connectivity index (χ0v) is 11.0. The minimum Gasteiger partial charge on any atom is -0.497 e. The average Bonchev–Trinajstić information content (AvgIpc) is 2.36. The largest absolute Gasteiger partial charge is 0.497 e. The molecule has 0 aliphatic rings. The van der Waals surface area contributed by atoms with E-state index in [1.165, 1.54) is 0 Å². The van der Waals surface area contributed by atoms with Gasteiger partial charge in [-0.2, -0.15) is 5.26 Å². The molecule has 0 aliphatic carbocycles. The third-order valence-electron chi connectivity index (χ3n) is 3.06. The molecule has 0 unspecified atom stereocenters. The Morgan fingerprint density at radius 1 is 1.41 bits per heavy atom. The number of rotatable bonds is 5. The predicted molar refractivity (Wildman–Crippen MR) is 70.3 cm³/mol. The van der Waals surface area contributed by atoms with Crippen LogP contribution in [0.25, 0.3) is 0 Å². The van der Waals surface area contributed by atoms with Gasteiger partial charge in [-0.1, -0.05) is 20.8 Å². The van der Waals surface area contributed by atoms with Crippen molar-refractivity contribution < 1.29 is 4.74 Å².